The van der Waals surface area contributed by atoms with Crippen molar-refractivity contribution < 1.29 is 33.0 Å². The van der Waals surface area contributed by atoms with Crippen molar-refractivity contribution in [2.45, 2.75) is 44.8 Å². The van der Waals surface area contributed by atoms with Gasteiger partial charge in [-0.3, -0.25) is 14.3 Å². The molecular weight excluding hydrogens is 599 g/mol. The Morgan fingerprint density at radius 1 is 1.14 bits per heavy atom. The molecule has 1 amide bonds. The Balaban J connectivity index is 1.81. The molecule has 4 rings (SSSR count). The van der Waals surface area contributed by atoms with Gasteiger partial charge in [0.15, 0.2) is 17.8 Å². The van der Waals surface area contributed by atoms with Gasteiger partial charge < -0.3 is 21.3 Å². The standard InChI is InChI=1S/C25H25ClF3N9O5/c1-24(2,30)12-32-21(40)20-33-18(34-38(20)16-9-31-8-7-15(16)22(41)42)11-37-23(43)36(10-17(39)25(27,28)29)19(35-37)13-3-5-14(26)6-4-13/h3-9,17,39H,10-12,30H2,1-2H3,(H,32,40)(H,41,42)/t17-/m0/s1. The van der Waals surface area contributed by atoms with Crippen LogP contribution in [0.25, 0.3) is 17.1 Å². The van der Waals surface area contributed by atoms with Crippen molar-refractivity contribution >= 4 is 23.5 Å². The van der Waals surface area contributed by atoms with Gasteiger partial charge in [0.05, 0.1) is 18.3 Å². The molecule has 43 heavy (non-hydrogen) atoms. The predicted molar refractivity (Wildman–Crippen MR) is 145 cm³/mol. The predicted octanol–water partition coefficient (Wildman–Crippen LogP) is 1.48. The highest BCUT2D eigenvalue weighted by Crippen LogP contribution is 2.24. The first-order valence-electron chi connectivity index (χ1n) is 12.4. The van der Waals surface area contributed by atoms with Crippen molar-refractivity contribution in [2.75, 3.05) is 6.54 Å². The molecule has 3 aromatic heterocycles. The van der Waals surface area contributed by atoms with Crippen LogP contribution in [0.15, 0.2) is 47.5 Å². The maximum atomic E-state index is 13.3. The van der Waals surface area contributed by atoms with Gasteiger partial charge in [0.1, 0.15) is 12.2 Å². The third-order valence-corrected chi connectivity index (χ3v) is 6.12. The summed E-state index contributed by atoms with van der Waals surface area (Å²) in [7, 11) is 0. The molecule has 3 heterocycles. The zero-order valence-corrected chi connectivity index (χ0v) is 23.3. The minimum Gasteiger partial charge on any atom is -0.478 e. The van der Waals surface area contributed by atoms with E-state index < -0.39 is 48.5 Å². The van der Waals surface area contributed by atoms with Crippen molar-refractivity contribution in [3.05, 3.63) is 75.4 Å². The first kappa shape index (κ1) is 31.3. The fourth-order valence-corrected chi connectivity index (χ4v) is 3.92. The van der Waals surface area contributed by atoms with Crippen LogP contribution in [0.2, 0.25) is 5.02 Å². The number of aliphatic hydroxyl groups excluding tert-OH is 1. The number of alkyl halides is 3. The number of aromatic carboxylic acids is 1. The minimum atomic E-state index is -5.02. The number of rotatable bonds is 10. The van der Waals surface area contributed by atoms with E-state index in [1.165, 1.54) is 36.5 Å². The summed E-state index contributed by atoms with van der Waals surface area (Å²) >= 11 is 5.92. The molecule has 1 atom stereocenters. The molecule has 0 spiro atoms. The van der Waals surface area contributed by atoms with Gasteiger partial charge in [0.25, 0.3) is 5.91 Å². The highest BCUT2D eigenvalue weighted by Gasteiger charge is 2.39. The minimum absolute atomic E-state index is 0.00268. The Labute approximate surface area is 245 Å². The lowest BCUT2D eigenvalue weighted by molar-refractivity contribution is -0.207. The number of carboxylic acid groups (broad SMARTS) is 1. The van der Waals surface area contributed by atoms with Crippen molar-refractivity contribution in [1.82, 2.24) is 39.4 Å². The monoisotopic (exact) mass is 623 g/mol. The summed E-state index contributed by atoms with van der Waals surface area (Å²) in [6, 6.07) is 6.91. The van der Waals surface area contributed by atoms with E-state index >= 15 is 0 Å². The van der Waals surface area contributed by atoms with Gasteiger partial charge in [-0.1, -0.05) is 11.6 Å². The van der Waals surface area contributed by atoms with Crippen LogP contribution in [0.1, 0.15) is 40.6 Å². The van der Waals surface area contributed by atoms with E-state index in [1.807, 2.05) is 0 Å². The van der Waals surface area contributed by atoms with E-state index in [2.05, 4.69) is 25.5 Å². The summed E-state index contributed by atoms with van der Waals surface area (Å²) in [6.07, 6.45) is -5.54. The smallest absolute Gasteiger partial charge is 0.416 e. The van der Waals surface area contributed by atoms with Crippen LogP contribution in [0.3, 0.4) is 0 Å². The second kappa shape index (κ2) is 11.9. The van der Waals surface area contributed by atoms with Crippen LogP contribution < -0.4 is 16.7 Å². The van der Waals surface area contributed by atoms with Crippen molar-refractivity contribution in [3.63, 3.8) is 0 Å². The number of nitrogens with zero attached hydrogens (tertiary/aromatic N) is 7. The Morgan fingerprint density at radius 2 is 1.81 bits per heavy atom. The number of carboxylic acids is 1. The first-order valence-corrected chi connectivity index (χ1v) is 12.8. The van der Waals surface area contributed by atoms with E-state index in [0.717, 1.165) is 15.6 Å². The SMILES string of the molecule is CC(C)(N)CNC(=O)c1nc(Cn2nc(-c3ccc(Cl)cc3)n(C[C@H](O)C(F)(F)F)c2=O)nn1-c1cnccc1C(=O)O. The fourth-order valence-electron chi connectivity index (χ4n) is 3.79. The number of carbonyl (C=O) groups is 2. The van der Waals surface area contributed by atoms with Gasteiger partial charge >= 0.3 is 17.8 Å². The molecule has 14 nitrogen and oxygen atoms in total. The topological polar surface area (TPSA) is 196 Å². The molecule has 0 aliphatic heterocycles. The molecule has 1 aromatic carbocycles. The van der Waals surface area contributed by atoms with E-state index in [1.54, 1.807) is 13.8 Å². The van der Waals surface area contributed by atoms with Crippen LogP contribution in [-0.2, 0) is 13.1 Å². The van der Waals surface area contributed by atoms with Crippen LogP contribution in [0.5, 0.6) is 0 Å². The zero-order valence-electron chi connectivity index (χ0n) is 22.6. The van der Waals surface area contributed by atoms with Crippen LogP contribution in [-0.4, -0.2) is 80.5 Å². The number of carbonyl (C=O) groups excluding carboxylic acids is 1. The number of halogens is 4. The van der Waals surface area contributed by atoms with Gasteiger partial charge in [-0.15, -0.1) is 10.2 Å². The lowest BCUT2D eigenvalue weighted by Gasteiger charge is -2.18. The van der Waals surface area contributed by atoms with Crippen molar-refractivity contribution in [2.24, 2.45) is 5.73 Å². The Kier molecular flexibility index (Phi) is 8.70. The number of hydrogen-bond acceptors (Lipinski definition) is 9. The molecule has 0 unspecified atom stereocenters. The lowest BCUT2D eigenvalue weighted by atomic mass is 10.1. The average Bonchev–Trinajstić information content (AvgIpc) is 3.48. The molecule has 0 bridgehead atoms. The quantitative estimate of drug-likeness (QED) is 0.201. The molecule has 18 heteroatoms. The number of aromatic nitrogens is 7. The molecule has 0 saturated heterocycles. The summed E-state index contributed by atoms with van der Waals surface area (Å²) in [5.41, 5.74) is 3.90. The largest absolute Gasteiger partial charge is 0.478 e. The molecule has 0 aliphatic carbocycles. The zero-order chi connectivity index (χ0) is 31.7. The van der Waals surface area contributed by atoms with Gasteiger partial charge in [-0.25, -0.2) is 23.9 Å². The first-order chi connectivity index (χ1) is 20.0. The van der Waals surface area contributed by atoms with Crippen LogP contribution in [0.4, 0.5) is 13.2 Å². The average molecular weight is 624 g/mol. The summed E-state index contributed by atoms with van der Waals surface area (Å²) in [4.78, 5) is 46.3. The molecule has 0 fully saturated rings. The van der Waals surface area contributed by atoms with Crippen LogP contribution >= 0.6 is 11.6 Å². The molecule has 0 radical (unpaired) electrons. The number of pyridine rings is 1. The fraction of sp³-hybridized carbons (Fsp3) is 0.320. The van der Waals surface area contributed by atoms with Gasteiger partial charge in [0, 0.05) is 28.9 Å². The number of hydrogen-bond donors (Lipinski definition) is 4. The van der Waals surface area contributed by atoms with Gasteiger partial charge in [0.2, 0.25) is 5.82 Å². The maximum Gasteiger partial charge on any atom is 0.416 e. The summed E-state index contributed by atoms with van der Waals surface area (Å²) < 4.78 is 41.9. The van der Waals surface area contributed by atoms with E-state index in [9.17, 15) is 37.8 Å². The summed E-state index contributed by atoms with van der Waals surface area (Å²) in [6.45, 7) is 1.60. The van der Waals surface area contributed by atoms with Crippen LogP contribution in [0, 0.1) is 0 Å². The Bertz CT molecular complexity index is 1710. The highest BCUT2D eigenvalue weighted by molar-refractivity contribution is 6.30. The van der Waals surface area contributed by atoms with E-state index in [-0.39, 0.29) is 40.8 Å². The van der Waals surface area contributed by atoms with Gasteiger partial charge in [-0.2, -0.15) is 13.2 Å². The third kappa shape index (κ3) is 7.25. The molecule has 4 aromatic rings. The van der Waals surface area contributed by atoms with Crippen molar-refractivity contribution in [3.8, 4) is 17.1 Å². The highest BCUT2D eigenvalue weighted by atomic mass is 35.5. The lowest BCUT2D eigenvalue weighted by Crippen LogP contribution is -2.45. The second-order valence-electron chi connectivity index (χ2n) is 10.1. The Hall–Kier alpha value is -4.61. The number of amides is 1. The second-order valence-corrected chi connectivity index (χ2v) is 10.5. The van der Waals surface area contributed by atoms with Gasteiger partial charge in [-0.05, 0) is 44.2 Å². The Morgan fingerprint density at radius 3 is 2.42 bits per heavy atom. The third-order valence-electron chi connectivity index (χ3n) is 5.87. The van der Waals surface area contributed by atoms with Crippen molar-refractivity contribution in [1.29, 1.82) is 0 Å². The molecule has 228 valence electrons. The number of nitrogens with two attached hydrogens (primary N) is 1. The maximum absolute atomic E-state index is 13.3. The molecule has 5 N–H and O–H groups in total. The molecular formula is C25H25ClF3N9O5. The normalized spacial score (nSPS) is 12.7. The number of aliphatic hydroxyl groups is 1. The van der Waals surface area contributed by atoms with E-state index in [0.29, 0.717) is 9.59 Å². The number of benzene rings is 1. The number of nitrogens with one attached hydrogen (secondary N) is 1. The molecule has 0 aliphatic rings. The summed E-state index contributed by atoms with van der Waals surface area (Å²) in [5.74, 6) is -2.95. The van der Waals surface area contributed by atoms with E-state index in [4.69, 9.17) is 17.3 Å². The summed E-state index contributed by atoms with van der Waals surface area (Å²) in [5, 5.41) is 30.6. The molecule has 0 saturated carbocycles.